The summed E-state index contributed by atoms with van der Waals surface area (Å²) < 4.78 is 24.3. The van der Waals surface area contributed by atoms with Crippen LogP contribution in [0.15, 0.2) is 207 Å². The number of Topliss-reactive ketones (excluding diaryl/α,β-unsaturated/α-hetero) is 2. The lowest BCUT2D eigenvalue weighted by Gasteiger charge is -2.43. The van der Waals surface area contributed by atoms with E-state index >= 15 is 0 Å². The Morgan fingerprint density at radius 3 is 1.20 bits per heavy atom. The molecule has 14 nitrogen and oxygen atoms in total. The minimum Gasteiger partial charge on any atom is -0.447 e. The zero-order valence-corrected chi connectivity index (χ0v) is 61.9. The van der Waals surface area contributed by atoms with Gasteiger partial charge in [0.15, 0.2) is 0 Å². The first-order valence-electron chi connectivity index (χ1n) is 34.7. The van der Waals surface area contributed by atoms with Crippen molar-refractivity contribution in [3.8, 4) is 0 Å². The summed E-state index contributed by atoms with van der Waals surface area (Å²) in [6.07, 6.45) is 6.15. The number of imide groups is 2. The highest BCUT2D eigenvalue weighted by atomic mass is 28.4. The third kappa shape index (κ3) is 20.1. The Morgan fingerprint density at radius 2 is 0.878 bits per heavy atom. The number of hydrogen-bond acceptors (Lipinski definition) is 12. The van der Waals surface area contributed by atoms with Crippen molar-refractivity contribution in [1.29, 1.82) is 0 Å². The Morgan fingerprint density at radius 1 is 0.541 bits per heavy atom. The molecule has 0 saturated carbocycles. The van der Waals surface area contributed by atoms with E-state index in [0.717, 1.165) is 40.1 Å². The number of hydrogen-bond donors (Lipinski definition) is 1. The number of amides is 4. The second kappa shape index (κ2) is 37.3. The summed E-state index contributed by atoms with van der Waals surface area (Å²) >= 11 is 0. The van der Waals surface area contributed by atoms with Gasteiger partial charge in [0.05, 0.1) is 30.0 Å². The molecule has 1 N–H and O–H groups in total. The van der Waals surface area contributed by atoms with Gasteiger partial charge >= 0.3 is 12.2 Å². The molecule has 0 aliphatic carbocycles. The molecule has 4 amide bonds. The first-order chi connectivity index (χ1) is 46.7. The SMILES string of the molecule is C=CC[C@@H](C[C@@H](C)CO[Si](c1ccccc1)(c1ccccc1)C(C)(C)C)[C@H](O)[C@@H](C)C(=O)[C@@H](C)C(=O)N1C(=O)OC[C@H]1Cc1ccccc1.C=CC[C@H](C=O)C[C@@H](C)CO[Si](c1ccccc1)(c1ccccc1)C(C)(C)C.CCC(=O)[C@@H](C)C(=O)N1C(=O)OC[C@H]1Cc1ccccc1. The number of carbonyl (C=O) groups excluding carboxylic acids is 7. The minimum absolute atomic E-state index is 0.0234. The van der Waals surface area contributed by atoms with Gasteiger partial charge in [-0.25, -0.2) is 19.4 Å². The monoisotopic (exact) mass is 1370 g/mol. The third-order valence-corrected chi connectivity index (χ3v) is 29.0. The zero-order chi connectivity index (χ0) is 71.8. The molecule has 16 heteroatoms. The van der Waals surface area contributed by atoms with Crippen molar-refractivity contribution >= 4 is 79.2 Å². The van der Waals surface area contributed by atoms with E-state index in [0.29, 0.717) is 44.8 Å². The van der Waals surface area contributed by atoms with Gasteiger partial charge in [-0.05, 0) is 112 Å². The molecule has 2 heterocycles. The van der Waals surface area contributed by atoms with Crippen molar-refractivity contribution in [2.24, 2.45) is 41.4 Å². The Kier molecular flexibility index (Phi) is 30.0. The zero-order valence-electron chi connectivity index (χ0n) is 59.9. The number of benzene rings is 6. The molecule has 0 spiro atoms. The molecule has 2 fully saturated rings. The van der Waals surface area contributed by atoms with E-state index in [1.165, 1.54) is 27.7 Å². The first kappa shape index (κ1) is 79.0. The van der Waals surface area contributed by atoms with Crippen molar-refractivity contribution in [2.45, 2.75) is 156 Å². The first-order valence-corrected chi connectivity index (χ1v) is 38.5. The molecule has 8 rings (SSSR count). The fourth-order valence-corrected chi connectivity index (χ4v) is 23.1. The number of nitrogens with zero attached hydrogens (tertiary/aromatic N) is 2. The third-order valence-electron chi connectivity index (χ3n) is 19.0. The maximum absolute atomic E-state index is 13.7. The molecule has 2 aliphatic rings. The van der Waals surface area contributed by atoms with Gasteiger partial charge in [0.1, 0.15) is 31.1 Å². The van der Waals surface area contributed by atoms with Gasteiger partial charge in [0, 0.05) is 31.5 Å². The fraction of sp³-hybridized carbons (Fsp3) is 0.427. The van der Waals surface area contributed by atoms with E-state index in [9.17, 15) is 38.7 Å². The van der Waals surface area contributed by atoms with Crippen molar-refractivity contribution in [1.82, 2.24) is 9.80 Å². The molecule has 0 aromatic heterocycles. The Bertz CT molecular complexity index is 3430. The quantitative estimate of drug-likeness (QED) is 0.0188. The molecule has 0 radical (unpaired) electrons. The summed E-state index contributed by atoms with van der Waals surface area (Å²) in [4.78, 5) is 89.3. The largest absolute Gasteiger partial charge is 0.447 e. The van der Waals surface area contributed by atoms with Crippen LogP contribution in [0.4, 0.5) is 9.59 Å². The normalized spacial score (nSPS) is 17.3. The summed E-state index contributed by atoms with van der Waals surface area (Å²) in [6, 6.07) is 60.6. The van der Waals surface area contributed by atoms with Crippen LogP contribution in [0.25, 0.3) is 0 Å². The molecule has 0 bridgehead atoms. The molecule has 6 aromatic rings. The molecule has 98 heavy (non-hydrogen) atoms. The van der Waals surface area contributed by atoms with Crippen LogP contribution in [-0.4, -0.2) is 118 Å². The average Bonchev–Trinajstić information content (AvgIpc) is 0.967. The van der Waals surface area contributed by atoms with Gasteiger partial charge in [-0.15, -0.1) is 13.2 Å². The number of ketones is 2. The summed E-state index contributed by atoms with van der Waals surface area (Å²) in [5.74, 6) is -4.29. The highest BCUT2D eigenvalue weighted by molar-refractivity contribution is 7.00. The van der Waals surface area contributed by atoms with Crippen molar-refractivity contribution in [3.05, 3.63) is 218 Å². The van der Waals surface area contributed by atoms with Gasteiger partial charge in [0.25, 0.3) is 16.6 Å². The van der Waals surface area contributed by atoms with E-state index in [1.54, 1.807) is 26.8 Å². The summed E-state index contributed by atoms with van der Waals surface area (Å²) in [5, 5.41) is 16.4. The lowest BCUT2D eigenvalue weighted by molar-refractivity contribution is -0.143. The second-order valence-electron chi connectivity index (χ2n) is 28.5. The second-order valence-corrected chi connectivity index (χ2v) is 37.1. The molecule has 2 aliphatic heterocycles. The predicted molar refractivity (Wildman–Crippen MR) is 395 cm³/mol. The number of aldehydes is 1. The van der Waals surface area contributed by atoms with Gasteiger partial charge in [-0.1, -0.05) is 263 Å². The summed E-state index contributed by atoms with van der Waals surface area (Å²) in [5.41, 5.74) is 1.99. The van der Waals surface area contributed by atoms with Gasteiger partial charge in [-0.2, -0.15) is 0 Å². The number of carbonyl (C=O) groups is 7. The lowest BCUT2D eigenvalue weighted by atomic mass is 9.79. The van der Waals surface area contributed by atoms with Crippen molar-refractivity contribution in [2.75, 3.05) is 26.4 Å². The number of aliphatic hydroxyl groups excluding tert-OH is 1. The minimum atomic E-state index is -2.74. The van der Waals surface area contributed by atoms with Crippen LogP contribution >= 0.6 is 0 Å². The highest BCUT2D eigenvalue weighted by Gasteiger charge is 2.52. The Labute approximate surface area is 585 Å². The molecule has 10 atom stereocenters. The van der Waals surface area contributed by atoms with E-state index in [4.69, 9.17) is 18.3 Å². The molecule has 2 saturated heterocycles. The maximum Gasteiger partial charge on any atom is 0.417 e. The molecular weight excluding hydrogens is 1260 g/mol. The van der Waals surface area contributed by atoms with Crippen LogP contribution in [0.3, 0.4) is 0 Å². The number of aliphatic hydroxyl groups is 1. The van der Waals surface area contributed by atoms with E-state index in [1.807, 2.05) is 78.9 Å². The van der Waals surface area contributed by atoms with Crippen LogP contribution in [0.5, 0.6) is 0 Å². The van der Waals surface area contributed by atoms with Crippen LogP contribution in [0.1, 0.15) is 126 Å². The van der Waals surface area contributed by atoms with Crippen LogP contribution < -0.4 is 20.7 Å². The van der Waals surface area contributed by atoms with Crippen molar-refractivity contribution in [3.63, 3.8) is 0 Å². The fourth-order valence-electron chi connectivity index (χ4n) is 13.7. The molecule has 0 unspecified atom stereocenters. The molecule has 6 aromatic carbocycles. The lowest BCUT2D eigenvalue weighted by Crippen LogP contribution is -2.66. The van der Waals surface area contributed by atoms with Crippen molar-refractivity contribution < 1.29 is 57.0 Å². The number of rotatable bonds is 31. The molecule has 524 valence electrons. The Balaban J connectivity index is 0.000000259. The molecular formula is C82H106N2O12Si2. The predicted octanol–water partition coefficient (Wildman–Crippen LogP) is 13.7. The smallest absolute Gasteiger partial charge is 0.417 e. The van der Waals surface area contributed by atoms with E-state index in [-0.39, 0.29) is 59.3 Å². The summed E-state index contributed by atoms with van der Waals surface area (Å²) in [7, 11) is -5.24. The maximum atomic E-state index is 13.7. The van der Waals surface area contributed by atoms with Gasteiger partial charge in [0.2, 0.25) is 11.8 Å². The standard InChI is InChI=1S/C41H53NO6Si.C25H34O2Si.C16H19NO4/c1-8-18-33(25-29(2)27-48-49(41(5,6)7,35-21-14-10-15-22-35)36-23-16-11-17-24-36)38(44)30(3)37(43)31(4)39(45)42-34(28-47-40(42)46)26-32-19-12-9-13-20-32;1-6-13-22(19-26)18-21(2)20-27-28(25(3,4)5,23-14-9-7-10-15-23)24-16-11-8-12-17-24;1-3-14(18)11(2)15(19)17-13(10-21-16(17)20)9-12-7-5-4-6-8-12/h8-17,19-24,29-31,33-34,38,44H,1,18,25-28H2,2-7H3;6-12,14-17,19,21-22H,1,13,18,20H2,2-5H3;4-8,11,13H,3,9-10H2,1-2H3/t29-,30+,31-,33+,34-,38-;21-,22+;11-,13-/m111/s1. The van der Waals surface area contributed by atoms with Gasteiger partial charge < -0.3 is 28.2 Å². The van der Waals surface area contributed by atoms with Gasteiger partial charge in [-0.3, -0.25) is 19.2 Å². The average molecular weight is 1370 g/mol. The highest BCUT2D eigenvalue weighted by Crippen LogP contribution is 2.39. The van der Waals surface area contributed by atoms with Crippen LogP contribution in [0, 0.1) is 41.4 Å². The van der Waals surface area contributed by atoms with E-state index in [2.05, 4.69) is 178 Å². The number of allylic oxidation sites excluding steroid dienone is 2. The van der Waals surface area contributed by atoms with Crippen LogP contribution in [0.2, 0.25) is 10.1 Å². The van der Waals surface area contributed by atoms with E-state index < -0.39 is 76.3 Å². The summed E-state index contributed by atoms with van der Waals surface area (Å²) in [6.45, 7) is 33.4. The topological polar surface area (TPSA) is 183 Å². The van der Waals surface area contributed by atoms with Crippen LogP contribution in [-0.2, 0) is 55.1 Å². The Hall–Kier alpha value is -8.00. The number of cyclic esters (lactones) is 2. The number of ether oxygens (including phenoxy) is 2.